The van der Waals surface area contributed by atoms with Gasteiger partial charge in [0.2, 0.25) is 5.91 Å². The Morgan fingerprint density at radius 3 is 2.42 bits per heavy atom. The Morgan fingerprint density at radius 2 is 2.00 bits per heavy atom. The lowest BCUT2D eigenvalue weighted by Gasteiger charge is -2.17. The van der Waals surface area contributed by atoms with Crippen molar-refractivity contribution >= 4 is 33.2 Å². The van der Waals surface area contributed by atoms with Crippen molar-refractivity contribution in [2.45, 2.75) is 6.42 Å². The summed E-state index contributed by atoms with van der Waals surface area (Å²) in [5.74, 6) is -2.62. The van der Waals surface area contributed by atoms with Gasteiger partial charge in [-0.3, -0.25) is 14.9 Å². The molecule has 1 fully saturated rings. The van der Waals surface area contributed by atoms with Crippen LogP contribution in [0.3, 0.4) is 0 Å². The van der Waals surface area contributed by atoms with Crippen LogP contribution in [0.1, 0.15) is 6.42 Å². The molecule has 0 aromatic heterocycles. The lowest BCUT2D eigenvalue weighted by molar-refractivity contribution is -0.385. The minimum Gasteiger partial charge on any atom is -0.307 e. The lowest BCUT2D eigenvalue weighted by Crippen LogP contribution is -2.27. The number of carbonyl (C=O) groups excluding carboxylic acids is 1. The number of hydrogen-bond acceptors (Lipinski definition) is 3. The Kier molecular flexibility index (Phi) is 3.79. The van der Waals surface area contributed by atoms with Crippen molar-refractivity contribution in [3.63, 3.8) is 0 Å². The maximum atomic E-state index is 13.8. The molecule has 0 saturated carbocycles. The minimum atomic E-state index is -1.10. The summed E-state index contributed by atoms with van der Waals surface area (Å²) in [5, 5.41) is 11.0. The Bertz CT molecular complexity index is 530. The second-order valence-corrected chi connectivity index (χ2v) is 4.89. The molecule has 2 rings (SSSR count). The molecule has 1 aliphatic rings. The molecule has 1 heterocycles. The van der Waals surface area contributed by atoms with Gasteiger partial charge in [0.05, 0.1) is 17.1 Å². The maximum absolute atomic E-state index is 13.8. The molecule has 102 valence electrons. The van der Waals surface area contributed by atoms with Crippen molar-refractivity contribution in [2.24, 2.45) is 5.92 Å². The van der Waals surface area contributed by atoms with Gasteiger partial charge in [-0.15, -0.1) is 0 Å². The van der Waals surface area contributed by atoms with Gasteiger partial charge < -0.3 is 4.90 Å². The molecule has 0 N–H and O–H groups in total. The molecule has 1 saturated heterocycles. The molecular weight excluding hydrogens is 326 g/mol. The Morgan fingerprint density at radius 1 is 1.42 bits per heavy atom. The van der Waals surface area contributed by atoms with Gasteiger partial charge in [0.15, 0.2) is 11.6 Å². The minimum absolute atomic E-state index is 0.0264. The van der Waals surface area contributed by atoms with E-state index < -0.39 is 33.8 Å². The van der Waals surface area contributed by atoms with E-state index in [9.17, 15) is 23.7 Å². The second-order valence-electron chi connectivity index (χ2n) is 4.24. The first-order chi connectivity index (χ1) is 8.93. The highest BCUT2D eigenvalue weighted by Crippen LogP contribution is 2.32. The van der Waals surface area contributed by atoms with E-state index in [1.165, 1.54) is 0 Å². The van der Waals surface area contributed by atoms with E-state index in [-0.39, 0.29) is 18.9 Å². The smallest absolute Gasteiger partial charge is 0.275 e. The standard InChI is InChI=1S/C11H9BrF2N2O3/c12-4-6-1-10(17)15(5-6)11-8(13)2-7(16(18)19)3-9(11)14/h2-3,6H,1,4-5H2. The number of non-ortho nitro benzene ring substituents is 1. The number of benzene rings is 1. The third-order valence-corrected chi connectivity index (χ3v) is 3.82. The van der Waals surface area contributed by atoms with Crippen molar-refractivity contribution < 1.29 is 18.5 Å². The first-order valence-electron chi connectivity index (χ1n) is 5.43. The number of alkyl halides is 1. The van der Waals surface area contributed by atoms with Gasteiger partial charge in [-0.05, 0) is 5.92 Å². The average molecular weight is 335 g/mol. The van der Waals surface area contributed by atoms with Gasteiger partial charge in [-0.1, -0.05) is 15.9 Å². The quantitative estimate of drug-likeness (QED) is 0.485. The zero-order valence-corrected chi connectivity index (χ0v) is 11.2. The molecule has 0 spiro atoms. The van der Waals surface area contributed by atoms with E-state index in [2.05, 4.69) is 15.9 Å². The molecule has 19 heavy (non-hydrogen) atoms. The summed E-state index contributed by atoms with van der Waals surface area (Å²) in [6.07, 6.45) is 0.196. The molecule has 1 aromatic carbocycles. The van der Waals surface area contributed by atoms with Crippen LogP contribution in [0.25, 0.3) is 0 Å². The molecule has 1 unspecified atom stereocenters. The zero-order chi connectivity index (χ0) is 14.2. The lowest BCUT2D eigenvalue weighted by atomic mass is 10.2. The van der Waals surface area contributed by atoms with Crippen LogP contribution < -0.4 is 4.90 Å². The normalized spacial score (nSPS) is 19.0. The fourth-order valence-electron chi connectivity index (χ4n) is 2.02. The van der Waals surface area contributed by atoms with Crippen LogP contribution in [0.15, 0.2) is 12.1 Å². The van der Waals surface area contributed by atoms with Gasteiger partial charge in [0.25, 0.3) is 5.69 Å². The van der Waals surface area contributed by atoms with E-state index in [0.717, 1.165) is 4.90 Å². The number of nitro benzene ring substituents is 1. The monoisotopic (exact) mass is 334 g/mol. The maximum Gasteiger partial charge on any atom is 0.275 e. The molecule has 1 aliphatic heterocycles. The van der Waals surface area contributed by atoms with Crippen LogP contribution >= 0.6 is 15.9 Å². The first kappa shape index (κ1) is 13.9. The first-order valence-corrected chi connectivity index (χ1v) is 6.56. The number of anilines is 1. The van der Waals surface area contributed by atoms with E-state index >= 15 is 0 Å². The Labute approximate surface area is 115 Å². The van der Waals surface area contributed by atoms with E-state index in [1.807, 2.05) is 0 Å². The van der Waals surface area contributed by atoms with Gasteiger partial charge in [-0.2, -0.15) is 0 Å². The molecule has 5 nitrogen and oxygen atoms in total. The van der Waals surface area contributed by atoms with Gasteiger partial charge >= 0.3 is 0 Å². The molecule has 0 bridgehead atoms. The average Bonchev–Trinajstić information content (AvgIpc) is 2.70. The number of carbonyl (C=O) groups is 1. The van der Waals surface area contributed by atoms with Crippen molar-refractivity contribution in [3.05, 3.63) is 33.9 Å². The summed E-state index contributed by atoms with van der Waals surface area (Å²) < 4.78 is 27.6. The van der Waals surface area contributed by atoms with Crippen molar-refractivity contribution in [1.82, 2.24) is 0 Å². The number of nitrogens with zero attached hydrogens (tertiary/aromatic N) is 2. The Hall–Kier alpha value is -1.57. The number of rotatable bonds is 3. The summed E-state index contributed by atoms with van der Waals surface area (Å²) in [6.45, 7) is 0.190. The van der Waals surface area contributed by atoms with Crippen LogP contribution in [0.2, 0.25) is 0 Å². The van der Waals surface area contributed by atoms with Crippen LogP contribution in [0.5, 0.6) is 0 Å². The predicted molar refractivity (Wildman–Crippen MR) is 67.3 cm³/mol. The molecular formula is C11H9BrF2N2O3. The summed E-state index contributed by atoms with van der Waals surface area (Å²) in [7, 11) is 0. The number of halogens is 3. The van der Waals surface area contributed by atoms with Crippen LogP contribution in [-0.4, -0.2) is 22.7 Å². The second kappa shape index (κ2) is 5.20. The molecule has 0 aliphatic carbocycles. The topological polar surface area (TPSA) is 63.5 Å². The van der Waals surface area contributed by atoms with Crippen LogP contribution in [-0.2, 0) is 4.79 Å². The van der Waals surface area contributed by atoms with Gasteiger partial charge in [0, 0.05) is 18.3 Å². The highest BCUT2D eigenvalue weighted by molar-refractivity contribution is 9.09. The molecule has 1 amide bonds. The molecule has 0 radical (unpaired) electrons. The van der Waals surface area contributed by atoms with Crippen molar-refractivity contribution in [3.8, 4) is 0 Å². The summed E-state index contributed by atoms with van der Waals surface area (Å²) in [6, 6.07) is 1.24. The van der Waals surface area contributed by atoms with E-state index in [1.54, 1.807) is 0 Å². The number of hydrogen-bond donors (Lipinski definition) is 0. The van der Waals surface area contributed by atoms with Gasteiger partial charge in [-0.25, -0.2) is 8.78 Å². The summed E-state index contributed by atoms with van der Waals surface area (Å²) in [5.41, 5.74) is -1.19. The largest absolute Gasteiger partial charge is 0.307 e. The number of amides is 1. The van der Waals surface area contributed by atoms with E-state index in [4.69, 9.17) is 0 Å². The highest BCUT2D eigenvalue weighted by Gasteiger charge is 2.34. The van der Waals surface area contributed by atoms with Crippen molar-refractivity contribution in [2.75, 3.05) is 16.8 Å². The van der Waals surface area contributed by atoms with Gasteiger partial charge in [0.1, 0.15) is 5.69 Å². The fourth-order valence-corrected chi connectivity index (χ4v) is 2.45. The van der Waals surface area contributed by atoms with E-state index in [0.29, 0.717) is 17.5 Å². The fraction of sp³-hybridized carbons (Fsp3) is 0.364. The SMILES string of the molecule is O=C1CC(CBr)CN1c1c(F)cc([N+](=O)[O-])cc1F. The summed E-state index contributed by atoms with van der Waals surface area (Å²) >= 11 is 3.22. The highest BCUT2D eigenvalue weighted by atomic mass is 79.9. The molecule has 8 heteroatoms. The summed E-state index contributed by atoms with van der Waals surface area (Å²) in [4.78, 5) is 22.3. The van der Waals surface area contributed by atoms with Crippen LogP contribution in [0, 0.1) is 27.7 Å². The predicted octanol–water partition coefficient (Wildman–Crippen LogP) is 2.62. The molecule has 1 aromatic rings. The zero-order valence-electron chi connectivity index (χ0n) is 9.61. The van der Waals surface area contributed by atoms with Crippen molar-refractivity contribution in [1.29, 1.82) is 0 Å². The third kappa shape index (κ3) is 2.58. The Balaban J connectivity index is 2.41. The number of nitro groups is 1. The third-order valence-electron chi connectivity index (χ3n) is 2.91. The van der Waals surface area contributed by atoms with Crippen LogP contribution in [0.4, 0.5) is 20.2 Å². The molecule has 1 atom stereocenters.